The number of likely N-dealkylation sites (N-methyl/N-ethyl adjacent to an activating group) is 1. The highest BCUT2D eigenvalue weighted by molar-refractivity contribution is 5.18. The average Bonchev–Trinajstić information content (AvgIpc) is 1.95. The van der Waals surface area contributed by atoms with E-state index in [4.69, 9.17) is 0 Å². The summed E-state index contributed by atoms with van der Waals surface area (Å²) < 4.78 is 0. The lowest BCUT2D eigenvalue weighted by Gasteiger charge is -2.29. The first-order valence-electron chi connectivity index (χ1n) is 3.83. The third-order valence-corrected chi connectivity index (χ3v) is 2.14. The average molecular weight is 137 g/mol. The molecule has 0 aliphatic carbocycles. The van der Waals surface area contributed by atoms with Gasteiger partial charge in [-0.05, 0) is 19.4 Å². The minimum Gasteiger partial charge on any atom is -0.372 e. The Balaban J connectivity index is 2.68. The molecule has 56 valence electrons. The summed E-state index contributed by atoms with van der Waals surface area (Å²) in [7, 11) is 2.14. The molecule has 0 radical (unpaired) electrons. The molecule has 1 heteroatoms. The van der Waals surface area contributed by atoms with Gasteiger partial charge in [0, 0.05) is 18.8 Å². The van der Waals surface area contributed by atoms with Crippen LogP contribution in [0.3, 0.4) is 0 Å². The molecular formula is C9H15N. The SMILES string of the molecule is CCC1C=CC=C(C)N1C. The van der Waals surface area contributed by atoms with Gasteiger partial charge in [0.1, 0.15) is 0 Å². The molecule has 0 fully saturated rings. The van der Waals surface area contributed by atoms with E-state index in [1.807, 2.05) is 0 Å². The van der Waals surface area contributed by atoms with E-state index in [0.29, 0.717) is 6.04 Å². The highest BCUT2D eigenvalue weighted by Crippen LogP contribution is 2.14. The zero-order valence-corrected chi connectivity index (χ0v) is 6.96. The Labute approximate surface area is 63.0 Å². The largest absolute Gasteiger partial charge is 0.372 e. The van der Waals surface area contributed by atoms with Gasteiger partial charge in [-0.2, -0.15) is 0 Å². The van der Waals surface area contributed by atoms with Crippen LogP contribution in [0.1, 0.15) is 20.3 Å². The van der Waals surface area contributed by atoms with Crippen LogP contribution in [-0.4, -0.2) is 18.0 Å². The van der Waals surface area contributed by atoms with Crippen LogP contribution in [0.4, 0.5) is 0 Å². The van der Waals surface area contributed by atoms with Gasteiger partial charge in [-0.3, -0.25) is 0 Å². The smallest absolute Gasteiger partial charge is 0.0467 e. The summed E-state index contributed by atoms with van der Waals surface area (Å²) in [6.07, 6.45) is 7.72. The molecule has 0 aromatic carbocycles. The summed E-state index contributed by atoms with van der Waals surface area (Å²) in [5.74, 6) is 0. The Morgan fingerprint density at radius 1 is 1.60 bits per heavy atom. The Morgan fingerprint density at radius 3 is 2.80 bits per heavy atom. The summed E-state index contributed by atoms with van der Waals surface area (Å²) >= 11 is 0. The van der Waals surface area contributed by atoms with Crippen LogP contribution < -0.4 is 0 Å². The highest BCUT2D eigenvalue weighted by atomic mass is 15.1. The summed E-state index contributed by atoms with van der Waals surface area (Å²) in [5, 5.41) is 0. The van der Waals surface area contributed by atoms with Gasteiger partial charge in [-0.15, -0.1) is 0 Å². The quantitative estimate of drug-likeness (QED) is 0.535. The van der Waals surface area contributed by atoms with Gasteiger partial charge in [0.2, 0.25) is 0 Å². The predicted octanol–water partition coefficient (Wildman–Crippen LogP) is 2.17. The van der Waals surface area contributed by atoms with E-state index in [9.17, 15) is 0 Å². The predicted molar refractivity (Wildman–Crippen MR) is 44.7 cm³/mol. The molecule has 0 spiro atoms. The molecule has 0 aromatic heterocycles. The maximum atomic E-state index is 2.31. The molecule has 1 nitrogen and oxygen atoms in total. The van der Waals surface area contributed by atoms with Crippen LogP contribution >= 0.6 is 0 Å². The fraction of sp³-hybridized carbons (Fsp3) is 0.556. The van der Waals surface area contributed by atoms with Crippen molar-refractivity contribution in [3.63, 3.8) is 0 Å². The summed E-state index contributed by atoms with van der Waals surface area (Å²) in [6, 6.07) is 0.616. The molecular weight excluding hydrogens is 122 g/mol. The van der Waals surface area contributed by atoms with Gasteiger partial charge in [0.25, 0.3) is 0 Å². The van der Waals surface area contributed by atoms with E-state index < -0.39 is 0 Å². The van der Waals surface area contributed by atoms with Gasteiger partial charge in [0.05, 0.1) is 0 Å². The molecule has 0 N–H and O–H groups in total. The normalized spacial score (nSPS) is 24.9. The lowest BCUT2D eigenvalue weighted by atomic mass is 10.1. The number of hydrogen-bond acceptors (Lipinski definition) is 1. The first-order chi connectivity index (χ1) is 4.75. The summed E-state index contributed by atoms with van der Waals surface area (Å²) in [6.45, 7) is 4.36. The van der Waals surface area contributed by atoms with Crippen molar-refractivity contribution < 1.29 is 0 Å². The van der Waals surface area contributed by atoms with Gasteiger partial charge in [-0.1, -0.05) is 19.1 Å². The van der Waals surface area contributed by atoms with Crippen molar-refractivity contribution in [1.29, 1.82) is 0 Å². The highest BCUT2D eigenvalue weighted by Gasteiger charge is 2.10. The van der Waals surface area contributed by atoms with Crippen molar-refractivity contribution in [3.8, 4) is 0 Å². The van der Waals surface area contributed by atoms with Crippen LogP contribution in [-0.2, 0) is 0 Å². The third kappa shape index (κ3) is 1.23. The molecule has 0 aromatic rings. The van der Waals surface area contributed by atoms with Crippen LogP contribution in [0.25, 0.3) is 0 Å². The van der Waals surface area contributed by atoms with E-state index in [0.717, 1.165) is 0 Å². The van der Waals surface area contributed by atoms with Gasteiger partial charge in [-0.25, -0.2) is 0 Å². The Kier molecular flexibility index (Phi) is 2.15. The third-order valence-electron chi connectivity index (χ3n) is 2.14. The zero-order chi connectivity index (χ0) is 7.56. The van der Waals surface area contributed by atoms with E-state index in [1.165, 1.54) is 12.1 Å². The number of nitrogens with zero attached hydrogens (tertiary/aromatic N) is 1. The molecule has 1 unspecified atom stereocenters. The molecule has 10 heavy (non-hydrogen) atoms. The second-order valence-electron chi connectivity index (χ2n) is 2.78. The minimum absolute atomic E-state index is 0.616. The van der Waals surface area contributed by atoms with Gasteiger partial charge >= 0.3 is 0 Å². The first-order valence-corrected chi connectivity index (χ1v) is 3.83. The van der Waals surface area contributed by atoms with Crippen LogP contribution in [0.15, 0.2) is 23.9 Å². The van der Waals surface area contributed by atoms with Crippen molar-refractivity contribution >= 4 is 0 Å². The van der Waals surface area contributed by atoms with Gasteiger partial charge in [0.15, 0.2) is 0 Å². The fourth-order valence-electron chi connectivity index (χ4n) is 1.24. The van der Waals surface area contributed by atoms with Crippen LogP contribution in [0, 0.1) is 0 Å². The lowest BCUT2D eigenvalue weighted by Crippen LogP contribution is -2.29. The molecule has 0 saturated carbocycles. The fourth-order valence-corrected chi connectivity index (χ4v) is 1.24. The molecule has 0 amide bonds. The second kappa shape index (κ2) is 2.91. The molecule has 0 saturated heterocycles. The number of rotatable bonds is 1. The zero-order valence-electron chi connectivity index (χ0n) is 6.96. The Morgan fingerprint density at radius 2 is 2.30 bits per heavy atom. The van der Waals surface area contributed by atoms with E-state index in [2.05, 4.69) is 44.0 Å². The van der Waals surface area contributed by atoms with E-state index in [1.54, 1.807) is 0 Å². The van der Waals surface area contributed by atoms with Crippen molar-refractivity contribution in [1.82, 2.24) is 4.90 Å². The van der Waals surface area contributed by atoms with Crippen molar-refractivity contribution in [2.75, 3.05) is 7.05 Å². The van der Waals surface area contributed by atoms with Gasteiger partial charge < -0.3 is 4.90 Å². The van der Waals surface area contributed by atoms with Crippen LogP contribution in [0.5, 0.6) is 0 Å². The minimum atomic E-state index is 0.616. The standard InChI is InChI=1S/C9H15N/c1-4-9-7-5-6-8(2)10(9)3/h5-7,9H,4H2,1-3H3. The second-order valence-corrected chi connectivity index (χ2v) is 2.78. The first kappa shape index (κ1) is 7.39. The van der Waals surface area contributed by atoms with Crippen molar-refractivity contribution in [3.05, 3.63) is 23.9 Å². The lowest BCUT2D eigenvalue weighted by molar-refractivity contribution is 0.341. The van der Waals surface area contributed by atoms with E-state index >= 15 is 0 Å². The Bertz CT molecular complexity index is 168. The topological polar surface area (TPSA) is 3.24 Å². The maximum absolute atomic E-state index is 2.31. The number of hydrogen-bond donors (Lipinski definition) is 0. The number of allylic oxidation sites excluding steroid dienone is 3. The monoisotopic (exact) mass is 137 g/mol. The van der Waals surface area contributed by atoms with Crippen LogP contribution in [0.2, 0.25) is 0 Å². The molecule has 1 heterocycles. The molecule has 1 rings (SSSR count). The summed E-state index contributed by atoms with van der Waals surface area (Å²) in [5.41, 5.74) is 1.36. The maximum Gasteiger partial charge on any atom is 0.0467 e. The van der Waals surface area contributed by atoms with E-state index in [-0.39, 0.29) is 0 Å². The van der Waals surface area contributed by atoms with Crippen molar-refractivity contribution in [2.24, 2.45) is 0 Å². The summed E-state index contributed by atoms with van der Waals surface area (Å²) in [4.78, 5) is 2.31. The molecule has 1 aliphatic heterocycles. The molecule has 1 atom stereocenters. The molecule has 0 bridgehead atoms. The Hall–Kier alpha value is -0.720. The molecule has 1 aliphatic rings. The van der Waals surface area contributed by atoms with Crippen molar-refractivity contribution in [2.45, 2.75) is 26.3 Å².